The first-order valence-electron chi connectivity index (χ1n) is 13.8. The molecular weight excluding hydrogens is 582 g/mol. The molecule has 1 aromatic carbocycles. The third-order valence-corrected chi connectivity index (χ3v) is 6.93. The molecule has 2 rings (SSSR count). The van der Waals surface area contributed by atoms with E-state index in [2.05, 4.69) is 26.1 Å². The summed E-state index contributed by atoms with van der Waals surface area (Å²) in [5.74, 6) is -3.84. The number of Topliss-reactive ketones (excluding diaryl/α,β-unsaturated/α-hetero) is 1. The van der Waals surface area contributed by atoms with Crippen molar-refractivity contribution in [2.75, 3.05) is 31.5 Å². The summed E-state index contributed by atoms with van der Waals surface area (Å²) in [7, 11) is -5.15. The molecule has 1 aromatic rings. The first-order chi connectivity index (χ1) is 20.0. The van der Waals surface area contributed by atoms with Crippen molar-refractivity contribution in [3.05, 3.63) is 35.9 Å². The second kappa shape index (κ2) is 18.7. The van der Waals surface area contributed by atoms with Gasteiger partial charge < -0.3 is 19.5 Å². The normalized spacial score (nSPS) is 12.7. The highest BCUT2D eigenvalue weighted by Crippen LogP contribution is 2.23. The number of imide groups is 1. The Bertz CT molecular complexity index is 1250. The first kappa shape index (κ1) is 39.2. The van der Waals surface area contributed by atoms with Gasteiger partial charge in [-0.05, 0) is 72.6 Å². The number of anilines is 1. The van der Waals surface area contributed by atoms with Crippen LogP contribution in [0.1, 0.15) is 77.6 Å². The van der Waals surface area contributed by atoms with Gasteiger partial charge in [-0.3, -0.25) is 24.1 Å². The summed E-state index contributed by atoms with van der Waals surface area (Å²) in [6.45, 7) is 15.3. The molecule has 4 N–H and O–H groups in total. The lowest BCUT2D eigenvalue weighted by molar-refractivity contribution is -0.894. The molecule has 0 spiro atoms. The van der Waals surface area contributed by atoms with Gasteiger partial charge in [0, 0.05) is 36.4 Å². The number of ketones is 1. The van der Waals surface area contributed by atoms with Crippen molar-refractivity contribution in [2.24, 2.45) is 0 Å². The van der Waals surface area contributed by atoms with E-state index in [1.807, 2.05) is 0 Å². The minimum absolute atomic E-state index is 0.0421. The topological polar surface area (TPSA) is 219 Å². The molecule has 1 aliphatic rings. The van der Waals surface area contributed by atoms with E-state index in [0.717, 1.165) is 17.0 Å². The molecule has 1 aliphatic heterocycles. The number of carbonyl (C=O) groups excluding carboxylic acids is 5. The summed E-state index contributed by atoms with van der Waals surface area (Å²) in [5, 5.41) is 2.44. The first-order valence-corrected chi connectivity index (χ1v) is 15.2. The fourth-order valence-corrected chi connectivity index (χ4v) is 4.49. The fraction of sp³-hybridized carbons (Fsp3) is 0.536. The summed E-state index contributed by atoms with van der Waals surface area (Å²) in [5.41, 5.74) is 8.30. The van der Waals surface area contributed by atoms with Crippen molar-refractivity contribution in [2.45, 2.75) is 77.7 Å². The Labute approximate surface area is 252 Å². The molecule has 1 heterocycles. The Morgan fingerprint density at radius 1 is 0.953 bits per heavy atom. The lowest BCUT2D eigenvalue weighted by atomic mass is 10.1. The standard InChI is InChI=1S/C22H26N2O9S.C6H15N.H2N2/c1-22(2,3)33-21(29)20(28)15-9-8-14(13-16(15)34(30,31)32)23-17(25)7-5-4-6-12-24-18(26)10-11-19(24)27;1-4-7(5-2)6-3;1-2/h8-11,13H,4-7,12H2,1-3H3,(H,23,25)(H,30,31,32);4-6H2,1-3H3;1-2H. The number of hydrogen-bond donors (Lipinski definition) is 4. The van der Waals surface area contributed by atoms with Crippen molar-refractivity contribution in [3.8, 4) is 0 Å². The summed E-state index contributed by atoms with van der Waals surface area (Å²) < 4.78 is 39.9. The van der Waals surface area contributed by atoms with Crippen LogP contribution in [0.4, 0.5) is 5.69 Å². The summed E-state index contributed by atoms with van der Waals surface area (Å²) in [6, 6.07) is 2.97. The number of esters is 1. The number of nitrogens with zero attached hydrogens (tertiary/aromatic N) is 1. The van der Waals surface area contributed by atoms with E-state index in [1.54, 1.807) is 4.90 Å². The van der Waals surface area contributed by atoms with E-state index >= 15 is 0 Å². The molecular formula is C28H43N5O9S. The van der Waals surface area contributed by atoms with Crippen LogP contribution in [-0.2, 0) is 34.0 Å². The molecule has 0 saturated carbocycles. The summed E-state index contributed by atoms with van der Waals surface area (Å²) in [6.07, 6.45) is 3.92. The monoisotopic (exact) mass is 625 g/mol. The maximum absolute atomic E-state index is 12.3. The van der Waals surface area contributed by atoms with Gasteiger partial charge in [0.05, 0.1) is 24.5 Å². The second-order valence-electron chi connectivity index (χ2n) is 10.3. The molecule has 43 heavy (non-hydrogen) atoms. The Morgan fingerprint density at radius 2 is 1.49 bits per heavy atom. The highest BCUT2D eigenvalue weighted by Gasteiger charge is 2.28. The molecule has 0 fully saturated rings. The van der Waals surface area contributed by atoms with E-state index < -0.39 is 43.8 Å². The summed E-state index contributed by atoms with van der Waals surface area (Å²) in [4.78, 5) is 61.3. The van der Waals surface area contributed by atoms with Crippen LogP contribution >= 0.6 is 0 Å². The number of rotatable bonds is 13. The van der Waals surface area contributed by atoms with Gasteiger partial charge in [-0.25, -0.2) is 24.3 Å². The Morgan fingerprint density at radius 3 is 1.93 bits per heavy atom. The van der Waals surface area contributed by atoms with Gasteiger partial charge in [0.15, 0.2) is 0 Å². The zero-order valence-corrected chi connectivity index (χ0v) is 26.4. The third-order valence-electron chi connectivity index (χ3n) is 6.05. The number of ether oxygens (including phenoxy) is 1. The third kappa shape index (κ3) is 14.3. The molecule has 0 aromatic heterocycles. The van der Waals surface area contributed by atoms with Gasteiger partial charge in [-0.1, -0.05) is 6.42 Å². The number of quaternary nitrogens is 1. The van der Waals surface area contributed by atoms with Crippen LogP contribution in [-0.4, -0.2) is 79.1 Å². The van der Waals surface area contributed by atoms with E-state index in [0.29, 0.717) is 19.3 Å². The predicted molar refractivity (Wildman–Crippen MR) is 156 cm³/mol. The summed E-state index contributed by atoms with van der Waals surface area (Å²) >= 11 is 0. The number of benzene rings is 1. The second-order valence-corrected chi connectivity index (χ2v) is 11.7. The van der Waals surface area contributed by atoms with Gasteiger partial charge in [0.1, 0.15) is 15.7 Å². The van der Waals surface area contributed by atoms with Crippen LogP contribution in [0.25, 0.3) is 0 Å². The number of unbranched alkanes of at least 4 members (excludes halogenated alkanes) is 2. The molecule has 0 bridgehead atoms. The van der Waals surface area contributed by atoms with Crippen molar-refractivity contribution < 1.29 is 46.6 Å². The number of hydrogen-bond acceptors (Lipinski definition) is 11. The number of amides is 3. The quantitative estimate of drug-likeness (QED) is 0.0479. The van der Waals surface area contributed by atoms with Crippen LogP contribution in [0.2, 0.25) is 0 Å². The van der Waals surface area contributed by atoms with Crippen LogP contribution in [0.15, 0.2) is 35.2 Å². The molecule has 3 amide bonds. The molecule has 14 nitrogen and oxygen atoms in total. The number of carbonyl (C=O) groups is 5. The van der Waals surface area contributed by atoms with Gasteiger partial charge in [0.25, 0.3) is 17.6 Å². The average Bonchev–Trinajstić information content (AvgIpc) is 3.25. The molecule has 0 aliphatic carbocycles. The van der Waals surface area contributed by atoms with Gasteiger partial charge in [0.2, 0.25) is 5.91 Å². The van der Waals surface area contributed by atoms with E-state index in [9.17, 15) is 36.9 Å². The van der Waals surface area contributed by atoms with Crippen LogP contribution < -0.4 is 10.2 Å². The van der Waals surface area contributed by atoms with Crippen molar-refractivity contribution in [1.29, 1.82) is 11.1 Å². The largest absolute Gasteiger partial charge is 0.744 e. The predicted octanol–water partition coefficient (Wildman–Crippen LogP) is 2.07. The minimum atomic E-state index is -5.15. The zero-order valence-electron chi connectivity index (χ0n) is 25.6. The lowest BCUT2D eigenvalue weighted by Gasteiger charge is -2.20. The zero-order chi connectivity index (χ0) is 33.4. The Kier molecular flexibility index (Phi) is 17.0. The molecule has 0 atom stereocenters. The van der Waals surface area contributed by atoms with Gasteiger partial charge in [-0.15, -0.1) is 0 Å². The highest BCUT2D eigenvalue weighted by atomic mass is 32.2. The Hall–Kier alpha value is -3.82. The maximum Gasteiger partial charge on any atom is 0.380 e. The fourth-order valence-electron chi connectivity index (χ4n) is 3.79. The van der Waals surface area contributed by atoms with Crippen molar-refractivity contribution in [1.82, 2.24) is 4.90 Å². The smallest absolute Gasteiger partial charge is 0.380 e. The van der Waals surface area contributed by atoms with Gasteiger partial charge >= 0.3 is 5.97 Å². The van der Waals surface area contributed by atoms with E-state index in [-0.39, 0.29) is 30.5 Å². The van der Waals surface area contributed by atoms with Gasteiger partial charge in [-0.2, -0.15) is 0 Å². The Balaban J connectivity index is 0.00000171. The maximum atomic E-state index is 12.3. The van der Waals surface area contributed by atoms with Crippen molar-refractivity contribution in [3.63, 3.8) is 0 Å². The molecule has 0 saturated heterocycles. The lowest BCUT2D eigenvalue weighted by Crippen LogP contribution is -3.11. The number of nitrogens with one attached hydrogen (secondary N) is 4. The molecule has 15 heteroatoms. The minimum Gasteiger partial charge on any atom is -0.744 e. The molecule has 240 valence electrons. The molecule has 0 unspecified atom stereocenters. The van der Waals surface area contributed by atoms with Crippen molar-refractivity contribution >= 4 is 45.3 Å². The van der Waals surface area contributed by atoms with Crippen LogP contribution in [0.5, 0.6) is 0 Å². The van der Waals surface area contributed by atoms with E-state index in [1.165, 1.54) is 58.6 Å². The average molecular weight is 626 g/mol. The SMILES string of the molecule is CC(C)(C)OC(=O)C(=O)c1ccc(NC(=O)CCCCCN2C(=O)C=CC2=O)cc1S(=O)(=O)[O-].CC[NH+](CC)CC.N=N. The molecule has 0 radical (unpaired) electrons. The van der Waals surface area contributed by atoms with Crippen LogP contribution in [0.3, 0.4) is 0 Å². The van der Waals surface area contributed by atoms with Crippen LogP contribution in [0, 0.1) is 11.1 Å². The highest BCUT2D eigenvalue weighted by molar-refractivity contribution is 7.85. The van der Waals surface area contributed by atoms with E-state index in [4.69, 9.17) is 15.8 Å².